The second kappa shape index (κ2) is 4.38. The summed E-state index contributed by atoms with van der Waals surface area (Å²) in [7, 11) is 2.94. The van der Waals surface area contributed by atoms with E-state index in [1.54, 1.807) is 18.2 Å². The Labute approximate surface area is 105 Å². The number of carbonyl (C=O) groups is 1. The summed E-state index contributed by atoms with van der Waals surface area (Å²) in [6.07, 6.45) is 0. The number of urea groups is 1. The molecule has 1 heterocycles. The van der Waals surface area contributed by atoms with Gasteiger partial charge in [0.1, 0.15) is 0 Å². The van der Waals surface area contributed by atoms with Gasteiger partial charge >= 0.3 is 6.03 Å². The lowest BCUT2D eigenvalue weighted by Crippen LogP contribution is -2.30. The van der Waals surface area contributed by atoms with Gasteiger partial charge in [-0.25, -0.2) is 9.86 Å². The second-order valence-electron chi connectivity index (χ2n) is 4.38. The molecule has 1 aliphatic heterocycles. The van der Waals surface area contributed by atoms with E-state index in [1.807, 2.05) is 13.8 Å². The number of ether oxygens (including phenoxy) is 2. The van der Waals surface area contributed by atoms with Crippen molar-refractivity contribution in [2.45, 2.75) is 19.6 Å². The topological polar surface area (TPSA) is 60.0 Å². The van der Waals surface area contributed by atoms with Gasteiger partial charge in [-0.05, 0) is 12.1 Å². The van der Waals surface area contributed by atoms with Gasteiger partial charge in [-0.2, -0.15) is 0 Å². The average molecular weight is 252 g/mol. The first kappa shape index (κ1) is 12.5. The lowest BCUT2D eigenvalue weighted by molar-refractivity contribution is -0.0598. The Morgan fingerprint density at radius 3 is 2.67 bits per heavy atom. The average Bonchev–Trinajstić information content (AvgIpc) is 2.61. The smallest absolute Gasteiger partial charge is 0.345 e. The van der Waals surface area contributed by atoms with Crippen LogP contribution in [0.4, 0.5) is 10.5 Å². The molecule has 1 aromatic rings. The number of nitrogens with one attached hydrogen (secondary N) is 1. The van der Waals surface area contributed by atoms with Crippen LogP contribution in [0.15, 0.2) is 18.2 Å². The molecule has 0 bridgehead atoms. The lowest BCUT2D eigenvalue weighted by atomic mass is 10.3. The number of hydrogen-bond acceptors (Lipinski definition) is 4. The van der Waals surface area contributed by atoms with E-state index >= 15 is 0 Å². The fourth-order valence-corrected chi connectivity index (χ4v) is 1.59. The van der Waals surface area contributed by atoms with Gasteiger partial charge in [-0.3, -0.25) is 4.84 Å². The minimum absolute atomic E-state index is 0.365. The number of amides is 2. The van der Waals surface area contributed by atoms with Crippen molar-refractivity contribution in [3.63, 3.8) is 0 Å². The molecule has 0 saturated carbocycles. The third-order valence-electron chi connectivity index (χ3n) is 2.47. The van der Waals surface area contributed by atoms with Crippen LogP contribution in [0.2, 0.25) is 0 Å². The van der Waals surface area contributed by atoms with Gasteiger partial charge in [0.05, 0.1) is 7.11 Å². The quantitative estimate of drug-likeness (QED) is 0.820. The summed E-state index contributed by atoms with van der Waals surface area (Å²) in [5.74, 6) is 0.602. The zero-order chi connectivity index (χ0) is 13.3. The molecule has 1 N–H and O–H groups in total. The van der Waals surface area contributed by atoms with Gasteiger partial charge in [-0.1, -0.05) is 0 Å². The van der Waals surface area contributed by atoms with Crippen LogP contribution in [0.25, 0.3) is 0 Å². The minimum atomic E-state index is -0.672. The van der Waals surface area contributed by atoms with Crippen LogP contribution in [0.5, 0.6) is 11.5 Å². The maximum atomic E-state index is 11.6. The highest BCUT2D eigenvalue weighted by atomic mass is 16.7. The van der Waals surface area contributed by atoms with E-state index in [2.05, 4.69) is 5.32 Å². The van der Waals surface area contributed by atoms with Gasteiger partial charge < -0.3 is 14.8 Å². The van der Waals surface area contributed by atoms with E-state index in [0.717, 1.165) is 5.06 Å². The van der Waals surface area contributed by atoms with Crippen molar-refractivity contribution < 1.29 is 19.1 Å². The molecule has 0 aromatic heterocycles. The Bertz CT molecular complexity index is 473. The highest BCUT2D eigenvalue weighted by Gasteiger charge is 2.31. The van der Waals surface area contributed by atoms with E-state index in [-0.39, 0.29) is 6.03 Å². The van der Waals surface area contributed by atoms with Gasteiger partial charge in [-0.15, -0.1) is 0 Å². The molecule has 0 fully saturated rings. The molecule has 1 aromatic carbocycles. The first-order valence-electron chi connectivity index (χ1n) is 5.52. The minimum Gasteiger partial charge on any atom is -0.449 e. The summed E-state index contributed by atoms with van der Waals surface area (Å²) in [4.78, 5) is 16.4. The molecule has 98 valence electrons. The molecule has 0 spiro atoms. The normalized spacial score (nSPS) is 15.3. The van der Waals surface area contributed by atoms with Crippen LogP contribution < -0.4 is 14.8 Å². The largest absolute Gasteiger partial charge is 0.449 e. The van der Waals surface area contributed by atoms with E-state index in [1.165, 1.54) is 14.2 Å². The predicted molar refractivity (Wildman–Crippen MR) is 65.6 cm³/mol. The fraction of sp³-hybridized carbons (Fsp3) is 0.417. The molecule has 2 rings (SSSR count). The van der Waals surface area contributed by atoms with Crippen molar-refractivity contribution >= 4 is 11.7 Å². The van der Waals surface area contributed by atoms with Crippen LogP contribution >= 0.6 is 0 Å². The molecule has 2 amide bonds. The van der Waals surface area contributed by atoms with Gasteiger partial charge in [0, 0.05) is 32.6 Å². The first-order chi connectivity index (χ1) is 8.41. The lowest BCUT2D eigenvalue weighted by Gasteiger charge is -2.16. The molecule has 0 aliphatic carbocycles. The van der Waals surface area contributed by atoms with Gasteiger partial charge in [0.2, 0.25) is 5.79 Å². The molecule has 0 radical (unpaired) electrons. The van der Waals surface area contributed by atoms with E-state index < -0.39 is 5.79 Å². The number of benzene rings is 1. The Hall–Kier alpha value is -1.95. The van der Waals surface area contributed by atoms with Gasteiger partial charge in [0.15, 0.2) is 11.5 Å². The number of nitrogens with zero attached hydrogens (tertiary/aromatic N) is 1. The maximum Gasteiger partial charge on any atom is 0.345 e. The van der Waals surface area contributed by atoms with Crippen LogP contribution in [-0.2, 0) is 4.84 Å². The molecule has 1 aliphatic rings. The van der Waals surface area contributed by atoms with Crippen molar-refractivity contribution in [2.75, 3.05) is 19.5 Å². The zero-order valence-corrected chi connectivity index (χ0v) is 10.8. The van der Waals surface area contributed by atoms with Crippen LogP contribution in [0.3, 0.4) is 0 Å². The third-order valence-corrected chi connectivity index (χ3v) is 2.47. The molecule has 6 nitrogen and oxygen atoms in total. The standard InChI is InChI=1S/C12H16N2O4/c1-12(2)17-9-6-5-8(7-10(9)18-12)13-11(15)14(3)16-4/h5-7H,1-4H3,(H,13,15). The number of rotatable bonds is 2. The Kier molecular flexibility index (Phi) is 3.04. The molecule has 6 heteroatoms. The fourth-order valence-electron chi connectivity index (χ4n) is 1.59. The Balaban J connectivity index is 2.12. The maximum absolute atomic E-state index is 11.6. The van der Waals surface area contributed by atoms with Crippen molar-refractivity contribution in [1.29, 1.82) is 0 Å². The van der Waals surface area contributed by atoms with Crippen molar-refractivity contribution in [3.8, 4) is 11.5 Å². The summed E-state index contributed by atoms with van der Waals surface area (Å²) >= 11 is 0. The summed E-state index contributed by atoms with van der Waals surface area (Å²) in [5, 5.41) is 3.77. The predicted octanol–water partition coefficient (Wildman–Crippen LogP) is 2.22. The Morgan fingerprint density at radius 2 is 2.00 bits per heavy atom. The van der Waals surface area contributed by atoms with Crippen molar-refractivity contribution in [1.82, 2.24) is 5.06 Å². The molecule has 0 atom stereocenters. The van der Waals surface area contributed by atoms with Crippen LogP contribution in [0, 0.1) is 0 Å². The van der Waals surface area contributed by atoms with E-state index in [4.69, 9.17) is 14.3 Å². The number of anilines is 1. The molecular weight excluding hydrogens is 236 g/mol. The van der Waals surface area contributed by atoms with E-state index in [9.17, 15) is 4.79 Å². The molecule has 0 unspecified atom stereocenters. The summed E-state index contributed by atoms with van der Waals surface area (Å²) in [6, 6.07) is 4.85. The monoisotopic (exact) mass is 252 g/mol. The zero-order valence-electron chi connectivity index (χ0n) is 10.8. The number of fused-ring (bicyclic) bond motifs is 1. The Morgan fingerprint density at radius 1 is 1.33 bits per heavy atom. The number of carbonyl (C=O) groups excluding carboxylic acids is 1. The SMILES string of the molecule is CON(C)C(=O)Nc1ccc2c(c1)OC(C)(C)O2. The van der Waals surface area contributed by atoms with Gasteiger partial charge in [0.25, 0.3) is 0 Å². The molecule has 18 heavy (non-hydrogen) atoms. The van der Waals surface area contributed by atoms with Crippen LogP contribution in [0.1, 0.15) is 13.8 Å². The highest BCUT2D eigenvalue weighted by Crippen LogP contribution is 2.40. The highest BCUT2D eigenvalue weighted by molar-refractivity contribution is 5.88. The third kappa shape index (κ3) is 2.48. The summed E-state index contributed by atoms with van der Waals surface area (Å²) in [5.41, 5.74) is 0.615. The molecular formula is C12H16N2O4. The molecule has 0 saturated heterocycles. The summed E-state index contributed by atoms with van der Waals surface area (Å²) in [6.45, 7) is 3.65. The second-order valence-corrected chi connectivity index (χ2v) is 4.38. The van der Waals surface area contributed by atoms with Crippen molar-refractivity contribution in [2.24, 2.45) is 0 Å². The first-order valence-corrected chi connectivity index (χ1v) is 5.52. The van der Waals surface area contributed by atoms with Crippen molar-refractivity contribution in [3.05, 3.63) is 18.2 Å². The van der Waals surface area contributed by atoms with Crippen LogP contribution in [-0.4, -0.2) is 31.0 Å². The van der Waals surface area contributed by atoms with E-state index in [0.29, 0.717) is 17.2 Å². The number of hydrogen-bond donors (Lipinski definition) is 1. The summed E-state index contributed by atoms with van der Waals surface area (Å²) < 4.78 is 11.1. The number of hydroxylamine groups is 2.